The van der Waals surface area contributed by atoms with Crippen molar-refractivity contribution in [2.24, 2.45) is 0 Å². The molecule has 8 aromatic rings. The van der Waals surface area contributed by atoms with Gasteiger partial charge in [0.1, 0.15) is 0 Å². The summed E-state index contributed by atoms with van der Waals surface area (Å²) in [6.45, 7) is 21.0. The van der Waals surface area contributed by atoms with E-state index in [0.29, 0.717) is 0 Å². The Bertz CT molecular complexity index is 2670. The minimum absolute atomic E-state index is 0.0887. The maximum absolute atomic E-state index is 3.84. The van der Waals surface area contributed by atoms with E-state index in [9.17, 15) is 0 Å². The van der Waals surface area contributed by atoms with Crippen LogP contribution >= 0.6 is 0 Å². The summed E-state index contributed by atoms with van der Waals surface area (Å²) in [5.41, 5.74) is 21.6. The van der Waals surface area contributed by atoms with E-state index in [4.69, 9.17) is 0 Å². The molecule has 0 saturated heterocycles. The standard InChI is InChI=1S/C47H40.2C7H8.C2H6/c1-6-13-32(2)26-33(3)38-22-24-43-44-25-23-39(31-46(44)47(4,5)45(43)30-38)36-18-20-37(21-19-36)42-28-40(34-14-9-7-10-15-34)27-41(29-42)35-16-11-8-12-17-35;2*1-7-5-3-2-4-6-7;1-2/h6-31H,1H2,2-5H3;2*2-6H,1H3;1-2H3/b32-13-,33-26+;;;. The predicted molar refractivity (Wildman–Crippen MR) is 277 cm³/mol. The topological polar surface area (TPSA) is 0 Å². The summed E-state index contributed by atoms with van der Waals surface area (Å²) < 4.78 is 0. The SMILES string of the molecule is C=C/C=C(C)\C=C(/C)c1ccc2c(c1)C(C)(C)c1cc(-c3ccc(-c4cc(-c5ccccc5)cc(-c5ccccc5)c4)cc3)ccc1-2.CC.Cc1ccccc1.Cc1ccccc1. The third-order valence-electron chi connectivity index (χ3n) is 11.5. The third kappa shape index (κ3) is 11.5. The molecule has 0 radical (unpaired) electrons. The van der Waals surface area contributed by atoms with Crippen LogP contribution in [0.3, 0.4) is 0 Å². The van der Waals surface area contributed by atoms with Crippen LogP contribution in [0.1, 0.15) is 69.4 Å². The minimum Gasteiger partial charge on any atom is -0.0991 e. The predicted octanol–water partition coefficient (Wildman–Crippen LogP) is 18.2. The van der Waals surface area contributed by atoms with Crippen LogP contribution in [0.15, 0.2) is 231 Å². The zero-order valence-corrected chi connectivity index (χ0v) is 38.5. The fourth-order valence-electron chi connectivity index (χ4n) is 8.13. The molecule has 0 aromatic heterocycles. The van der Waals surface area contributed by atoms with Gasteiger partial charge in [0, 0.05) is 5.41 Å². The molecule has 0 heteroatoms. The Balaban J connectivity index is 0.000000348. The van der Waals surface area contributed by atoms with E-state index in [2.05, 4.69) is 224 Å². The molecule has 314 valence electrons. The Labute approximate surface area is 378 Å². The fraction of sp³-hybridized carbons (Fsp3) is 0.143. The van der Waals surface area contributed by atoms with Gasteiger partial charge in [-0.05, 0) is 136 Å². The van der Waals surface area contributed by atoms with Gasteiger partial charge in [-0.1, -0.05) is 239 Å². The van der Waals surface area contributed by atoms with Gasteiger partial charge in [-0.15, -0.1) is 0 Å². The average molecular weight is 819 g/mol. The van der Waals surface area contributed by atoms with Gasteiger partial charge in [0.25, 0.3) is 0 Å². The highest BCUT2D eigenvalue weighted by Gasteiger charge is 2.35. The summed E-state index contributed by atoms with van der Waals surface area (Å²) in [7, 11) is 0. The van der Waals surface area contributed by atoms with E-state index < -0.39 is 0 Å². The molecule has 0 saturated carbocycles. The number of benzene rings is 8. The molecule has 8 aromatic carbocycles. The van der Waals surface area contributed by atoms with E-state index in [0.717, 1.165) is 0 Å². The normalized spacial score (nSPS) is 12.2. The van der Waals surface area contributed by atoms with Crippen molar-refractivity contribution in [3.05, 3.63) is 258 Å². The number of hydrogen-bond donors (Lipinski definition) is 0. The van der Waals surface area contributed by atoms with E-state index in [1.165, 1.54) is 94.6 Å². The number of aryl methyl sites for hydroxylation is 2. The van der Waals surface area contributed by atoms with Crippen molar-refractivity contribution >= 4 is 5.57 Å². The van der Waals surface area contributed by atoms with Crippen LogP contribution in [0, 0.1) is 13.8 Å². The van der Waals surface area contributed by atoms with Crippen LogP contribution in [0.4, 0.5) is 0 Å². The monoisotopic (exact) mass is 818 g/mol. The molecule has 9 rings (SSSR count). The first kappa shape index (κ1) is 45.5. The van der Waals surface area contributed by atoms with Gasteiger partial charge in [0.15, 0.2) is 0 Å². The van der Waals surface area contributed by atoms with Gasteiger partial charge in [-0.25, -0.2) is 0 Å². The summed E-state index contributed by atoms with van der Waals surface area (Å²) in [5, 5.41) is 0. The summed E-state index contributed by atoms with van der Waals surface area (Å²) in [5.74, 6) is 0. The third-order valence-corrected chi connectivity index (χ3v) is 11.5. The summed E-state index contributed by atoms with van der Waals surface area (Å²) >= 11 is 0. The molecule has 0 unspecified atom stereocenters. The number of allylic oxidation sites excluding steroid dienone is 5. The molecule has 0 spiro atoms. The lowest BCUT2D eigenvalue weighted by atomic mass is 9.80. The molecule has 1 aliphatic rings. The van der Waals surface area contributed by atoms with E-state index >= 15 is 0 Å². The first-order valence-corrected chi connectivity index (χ1v) is 22.3. The molecular weight excluding hydrogens is 757 g/mol. The number of fused-ring (bicyclic) bond motifs is 3. The highest BCUT2D eigenvalue weighted by Crippen LogP contribution is 2.50. The lowest BCUT2D eigenvalue weighted by Crippen LogP contribution is -2.15. The second-order valence-corrected chi connectivity index (χ2v) is 16.5. The molecular formula is C63H62. The maximum atomic E-state index is 3.84. The zero-order chi connectivity index (χ0) is 44.8. The molecule has 1 aliphatic carbocycles. The van der Waals surface area contributed by atoms with Gasteiger partial charge >= 0.3 is 0 Å². The second kappa shape index (κ2) is 21.7. The Kier molecular flexibility index (Phi) is 15.7. The molecule has 0 atom stereocenters. The largest absolute Gasteiger partial charge is 0.0991 e. The average Bonchev–Trinajstić information content (AvgIpc) is 3.55. The first-order valence-electron chi connectivity index (χ1n) is 22.3. The molecule has 0 aliphatic heterocycles. The molecule has 0 N–H and O–H groups in total. The Hall–Kier alpha value is -7.02. The van der Waals surface area contributed by atoms with Crippen molar-refractivity contribution < 1.29 is 0 Å². The molecule has 0 amide bonds. The Morgan fingerprint density at radius 1 is 0.413 bits per heavy atom. The van der Waals surface area contributed by atoms with Crippen molar-refractivity contribution in [1.82, 2.24) is 0 Å². The van der Waals surface area contributed by atoms with Gasteiger partial charge in [0.2, 0.25) is 0 Å². The van der Waals surface area contributed by atoms with Crippen molar-refractivity contribution in [2.45, 2.75) is 60.8 Å². The molecule has 0 heterocycles. The van der Waals surface area contributed by atoms with Crippen LogP contribution in [-0.2, 0) is 5.41 Å². The summed E-state index contributed by atoms with van der Waals surface area (Å²) in [4.78, 5) is 0. The summed E-state index contributed by atoms with van der Waals surface area (Å²) in [6, 6.07) is 71.8. The molecule has 0 fully saturated rings. The Morgan fingerprint density at radius 2 is 0.778 bits per heavy atom. The van der Waals surface area contributed by atoms with Gasteiger partial charge in [-0.3, -0.25) is 0 Å². The van der Waals surface area contributed by atoms with Crippen molar-refractivity contribution in [2.75, 3.05) is 0 Å². The van der Waals surface area contributed by atoms with Crippen LogP contribution in [-0.4, -0.2) is 0 Å². The van der Waals surface area contributed by atoms with E-state index in [1.54, 1.807) is 0 Å². The van der Waals surface area contributed by atoms with Crippen LogP contribution < -0.4 is 0 Å². The number of rotatable bonds is 7. The zero-order valence-electron chi connectivity index (χ0n) is 38.5. The molecule has 0 nitrogen and oxygen atoms in total. The molecule has 0 bridgehead atoms. The quantitative estimate of drug-likeness (QED) is 0.141. The van der Waals surface area contributed by atoms with Crippen molar-refractivity contribution in [3.63, 3.8) is 0 Å². The van der Waals surface area contributed by atoms with Gasteiger partial charge in [0.05, 0.1) is 0 Å². The highest BCUT2D eigenvalue weighted by molar-refractivity contribution is 5.86. The maximum Gasteiger partial charge on any atom is 0.0159 e. The molecule has 63 heavy (non-hydrogen) atoms. The lowest BCUT2D eigenvalue weighted by Gasteiger charge is -2.23. The van der Waals surface area contributed by atoms with E-state index in [1.807, 2.05) is 56.3 Å². The summed E-state index contributed by atoms with van der Waals surface area (Å²) in [6.07, 6.45) is 6.13. The first-order chi connectivity index (χ1) is 30.6. The number of hydrogen-bond acceptors (Lipinski definition) is 0. The van der Waals surface area contributed by atoms with Gasteiger partial charge < -0.3 is 0 Å². The lowest BCUT2D eigenvalue weighted by molar-refractivity contribution is 0.660. The van der Waals surface area contributed by atoms with Crippen molar-refractivity contribution in [1.29, 1.82) is 0 Å². The van der Waals surface area contributed by atoms with Crippen LogP contribution in [0.25, 0.3) is 61.2 Å². The highest BCUT2D eigenvalue weighted by atomic mass is 14.4. The van der Waals surface area contributed by atoms with Crippen LogP contribution in [0.2, 0.25) is 0 Å². The van der Waals surface area contributed by atoms with Crippen LogP contribution in [0.5, 0.6) is 0 Å². The van der Waals surface area contributed by atoms with Crippen molar-refractivity contribution in [3.8, 4) is 55.6 Å². The van der Waals surface area contributed by atoms with Gasteiger partial charge in [-0.2, -0.15) is 0 Å². The van der Waals surface area contributed by atoms with E-state index in [-0.39, 0.29) is 5.41 Å². The fourth-order valence-corrected chi connectivity index (χ4v) is 8.13. The smallest absolute Gasteiger partial charge is 0.0159 e. The second-order valence-electron chi connectivity index (χ2n) is 16.5. The Morgan fingerprint density at radius 3 is 1.19 bits per heavy atom. The minimum atomic E-state index is -0.0887.